The summed E-state index contributed by atoms with van der Waals surface area (Å²) in [7, 11) is 0. The Morgan fingerprint density at radius 1 is 1.43 bits per heavy atom. The lowest BCUT2D eigenvalue weighted by Gasteiger charge is -1.95. The van der Waals surface area contributed by atoms with Gasteiger partial charge in [-0.05, 0) is 13.0 Å². The maximum Gasteiger partial charge on any atom is 0.00744 e. The third-order valence-electron chi connectivity index (χ3n) is 0.748. The molecule has 0 saturated heterocycles. The Morgan fingerprint density at radius 3 is 2.57 bits per heavy atom. The number of hydrogen-bond acceptors (Lipinski definition) is 2. The smallest absolute Gasteiger partial charge is 0.00744 e. The Kier molecular flexibility index (Phi) is 5.85. The number of hydrogen-bond donors (Lipinski definition) is 2. The molecular formula is C5H14N2. The molecule has 0 rings (SSSR count). The fourth-order valence-electron chi connectivity index (χ4n) is 0.404. The van der Waals surface area contributed by atoms with Crippen LogP contribution in [0.3, 0.4) is 0 Å². The third-order valence-corrected chi connectivity index (χ3v) is 0.748. The molecule has 0 saturated carbocycles. The fraction of sp³-hybridized carbons (Fsp3) is 1.00. The first-order valence-electron chi connectivity index (χ1n) is 2.82. The van der Waals surface area contributed by atoms with Crippen LogP contribution in [-0.2, 0) is 0 Å². The van der Waals surface area contributed by atoms with E-state index in [1.807, 2.05) is 0 Å². The Labute approximate surface area is 45.1 Å². The summed E-state index contributed by atoms with van der Waals surface area (Å²) in [6.45, 7) is 4.94. The maximum absolute atomic E-state index is 5.21. The zero-order valence-corrected chi connectivity index (χ0v) is 4.91. The third kappa shape index (κ3) is 5.92. The largest absolute Gasteiger partial charge is 0.329 e. The van der Waals surface area contributed by atoms with Gasteiger partial charge in [-0.3, -0.25) is 0 Å². The summed E-state index contributed by atoms with van der Waals surface area (Å²) in [6.07, 6.45) is 1.19. The highest BCUT2D eigenvalue weighted by atomic mass is 14.9. The van der Waals surface area contributed by atoms with E-state index in [2.05, 4.69) is 12.2 Å². The minimum absolute atomic E-state index is 0.750. The van der Waals surface area contributed by atoms with Crippen LogP contribution in [0.25, 0.3) is 0 Å². The van der Waals surface area contributed by atoms with Crippen molar-refractivity contribution in [3.05, 3.63) is 0 Å². The van der Waals surface area contributed by atoms with Crippen LogP contribution in [0.5, 0.6) is 0 Å². The molecule has 0 radical (unpaired) electrons. The van der Waals surface area contributed by atoms with Gasteiger partial charge in [0.1, 0.15) is 0 Å². The van der Waals surface area contributed by atoms with Crippen molar-refractivity contribution in [3.63, 3.8) is 0 Å². The topological polar surface area (TPSA) is 38.0 Å². The van der Waals surface area contributed by atoms with Crippen LogP contribution in [0.1, 0.15) is 13.3 Å². The Balaban J connectivity index is 2.45. The van der Waals surface area contributed by atoms with Crippen molar-refractivity contribution in [2.24, 2.45) is 5.73 Å². The quantitative estimate of drug-likeness (QED) is 0.488. The highest BCUT2D eigenvalue weighted by molar-refractivity contribution is 4.42. The van der Waals surface area contributed by atoms with Crippen LogP contribution in [0.15, 0.2) is 0 Å². The number of nitrogens with one attached hydrogen (secondary N) is 1. The predicted molar refractivity (Wildman–Crippen MR) is 32.2 cm³/mol. The average molecular weight is 102 g/mol. The summed E-state index contributed by atoms with van der Waals surface area (Å²) in [5, 5.41) is 3.16. The molecule has 0 aliphatic rings. The molecule has 2 nitrogen and oxygen atoms in total. The highest BCUT2D eigenvalue weighted by Crippen LogP contribution is 1.65. The number of nitrogens with two attached hydrogens (primary N) is 1. The van der Waals surface area contributed by atoms with Gasteiger partial charge in [0, 0.05) is 13.1 Å². The first kappa shape index (κ1) is 6.92. The zero-order chi connectivity index (χ0) is 5.54. The van der Waals surface area contributed by atoms with Crippen LogP contribution in [0, 0.1) is 0 Å². The van der Waals surface area contributed by atoms with Gasteiger partial charge in [0.15, 0.2) is 0 Å². The summed E-state index contributed by atoms with van der Waals surface area (Å²) in [5.74, 6) is 0. The molecule has 0 aliphatic heterocycles. The molecule has 0 fully saturated rings. The second kappa shape index (κ2) is 5.92. The lowest BCUT2D eigenvalue weighted by atomic mass is 10.5. The van der Waals surface area contributed by atoms with Crippen molar-refractivity contribution < 1.29 is 0 Å². The summed E-state index contributed by atoms with van der Waals surface area (Å²) < 4.78 is 0. The molecule has 3 N–H and O–H groups in total. The Morgan fingerprint density at radius 2 is 2.14 bits per heavy atom. The van der Waals surface area contributed by atoms with Gasteiger partial charge in [-0.1, -0.05) is 6.92 Å². The Hall–Kier alpha value is -0.0800. The molecule has 0 heterocycles. The first-order chi connectivity index (χ1) is 3.41. The monoisotopic (exact) mass is 102 g/mol. The molecule has 2 heteroatoms. The summed E-state index contributed by atoms with van der Waals surface area (Å²) in [4.78, 5) is 0. The summed E-state index contributed by atoms with van der Waals surface area (Å²) in [6, 6.07) is 0. The molecule has 0 aliphatic carbocycles. The van der Waals surface area contributed by atoms with E-state index in [0.29, 0.717) is 0 Å². The molecule has 0 unspecified atom stereocenters. The summed E-state index contributed by atoms with van der Waals surface area (Å²) >= 11 is 0. The fourth-order valence-corrected chi connectivity index (χ4v) is 0.404. The maximum atomic E-state index is 5.21. The van der Waals surface area contributed by atoms with Crippen molar-refractivity contribution in [2.75, 3.05) is 19.6 Å². The van der Waals surface area contributed by atoms with Crippen molar-refractivity contribution in [3.8, 4) is 0 Å². The van der Waals surface area contributed by atoms with E-state index < -0.39 is 0 Å². The van der Waals surface area contributed by atoms with E-state index in [1.54, 1.807) is 0 Å². The second-order valence-corrected chi connectivity index (χ2v) is 1.54. The molecule has 0 aromatic carbocycles. The molecule has 0 amide bonds. The lowest BCUT2D eigenvalue weighted by Crippen LogP contribution is -2.22. The van der Waals surface area contributed by atoms with Gasteiger partial charge in [-0.15, -0.1) is 0 Å². The molecular weight excluding hydrogens is 88.1 g/mol. The zero-order valence-electron chi connectivity index (χ0n) is 4.91. The van der Waals surface area contributed by atoms with Crippen LogP contribution in [-0.4, -0.2) is 19.6 Å². The van der Waals surface area contributed by atoms with E-state index in [4.69, 9.17) is 5.73 Å². The van der Waals surface area contributed by atoms with Crippen molar-refractivity contribution >= 4 is 0 Å². The van der Waals surface area contributed by atoms with Gasteiger partial charge in [0.2, 0.25) is 0 Å². The van der Waals surface area contributed by atoms with Crippen LogP contribution >= 0.6 is 0 Å². The van der Waals surface area contributed by atoms with Gasteiger partial charge in [-0.25, -0.2) is 0 Å². The normalized spacial score (nSPS) is 9.43. The van der Waals surface area contributed by atoms with Crippen molar-refractivity contribution in [2.45, 2.75) is 13.3 Å². The predicted octanol–water partition coefficient (Wildman–Crippen LogP) is -0.0553. The molecule has 0 aromatic rings. The Bertz CT molecular complexity index is 25.3. The van der Waals surface area contributed by atoms with Crippen LogP contribution in [0.4, 0.5) is 0 Å². The molecule has 44 valence electrons. The lowest BCUT2D eigenvalue weighted by molar-refractivity contribution is 0.678. The van der Waals surface area contributed by atoms with Crippen molar-refractivity contribution in [1.82, 2.24) is 5.32 Å². The molecule has 0 aromatic heterocycles. The average Bonchev–Trinajstić information content (AvgIpc) is 1.69. The van der Waals surface area contributed by atoms with Crippen LogP contribution in [0.2, 0.25) is 0 Å². The van der Waals surface area contributed by atoms with E-state index in [1.165, 1.54) is 6.42 Å². The molecule has 0 atom stereocenters. The molecule has 0 spiro atoms. The van der Waals surface area contributed by atoms with E-state index in [-0.39, 0.29) is 0 Å². The minimum Gasteiger partial charge on any atom is -0.329 e. The molecule has 7 heavy (non-hydrogen) atoms. The van der Waals surface area contributed by atoms with E-state index in [0.717, 1.165) is 19.6 Å². The SMILES string of the molecule is CCCNCCN. The van der Waals surface area contributed by atoms with E-state index in [9.17, 15) is 0 Å². The van der Waals surface area contributed by atoms with Crippen LogP contribution < -0.4 is 11.1 Å². The standard InChI is InChI=1S/C5H14N2/c1-2-4-7-5-3-6/h7H,2-6H2,1H3. The van der Waals surface area contributed by atoms with Gasteiger partial charge in [-0.2, -0.15) is 0 Å². The van der Waals surface area contributed by atoms with E-state index >= 15 is 0 Å². The minimum atomic E-state index is 0.750. The highest BCUT2D eigenvalue weighted by Gasteiger charge is 1.76. The van der Waals surface area contributed by atoms with Gasteiger partial charge < -0.3 is 11.1 Å². The number of rotatable bonds is 4. The second-order valence-electron chi connectivity index (χ2n) is 1.54. The molecule has 0 bridgehead atoms. The van der Waals surface area contributed by atoms with Crippen molar-refractivity contribution in [1.29, 1.82) is 0 Å². The van der Waals surface area contributed by atoms with Gasteiger partial charge in [0.25, 0.3) is 0 Å². The van der Waals surface area contributed by atoms with Gasteiger partial charge >= 0.3 is 0 Å². The first-order valence-corrected chi connectivity index (χ1v) is 2.82. The summed E-state index contributed by atoms with van der Waals surface area (Å²) in [5.41, 5.74) is 5.21. The van der Waals surface area contributed by atoms with Gasteiger partial charge in [0.05, 0.1) is 0 Å².